The SMILES string of the molecule is C1=CC(C2(c3ccccc3)c3ccccc3C3(c4ccccc4)c4ccccc4-c4cccc2c43)=C(c2ccc(C3C=NC=CC3)cc2)CC1. The molecule has 1 heterocycles. The number of nitrogens with zero attached hydrogens (tertiary/aromatic N) is 1. The van der Waals surface area contributed by atoms with Crippen molar-refractivity contribution in [2.75, 3.05) is 0 Å². The maximum atomic E-state index is 4.44. The Morgan fingerprint density at radius 3 is 1.86 bits per heavy atom. The third kappa shape index (κ3) is 3.92. The van der Waals surface area contributed by atoms with Crippen LogP contribution in [-0.4, -0.2) is 6.21 Å². The van der Waals surface area contributed by atoms with Gasteiger partial charge in [0.15, 0.2) is 0 Å². The van der Waals surface area contributed by atoms with Crippen molar-refractivity contribution in [1.29, 1.82) is 0 Å². The van der Waals surface area contributed by atoms with Crippen molar-refractivity contribution in [3.05, 3.63) is 232 Å². The van der Waals surface area contributed by atoms with Gasteiger partial charge in [0.25, 0.3) is 0 Å². The molecule has 1 nitrogen and oxygen atoms in total. The van der Waals surface area contributed by atoms with E-state index < -0.39 is 10.8 Å². The zero-order chi connectivity index (χ0) is 33.1. The van der Waals surface area contributed by atoms with Gasteiger partial charge in [-0.3, -0.25) is 4.99 Å². The van der Waals surface area contributed by atoms with Gasteiger partial charge in [-0.15, -0.1) is 0 Å². The fourth-order valence-corrected chi connectivity index (χ4v) is 9.77. The van der Waals surface area contributed by atoms with Crippen LogP contribution in [0.5, 0.6) is 0 Å². The molecule has 3 unspecified atom stereocenters. The van der Waals surface area contributed by atoms with Gasteiger partial charge in [-0.1, -0.05) is 170 Å². The molecule has 0 fully saturated rings. The first-order valence-corrected chi connectivity index (χ1v) is 18.0. The molecule has 6 aromatic rings. The van der Waals surface area contributed by atoms with Crippen molar-refractivity contribution in [2.24, 2.45) is 4.99 Å². The third-order valence-electron chi connectivity index (χ3n) is 11.7. The first kappa shape index (κ1) is 29.2. The summed E-state index contributed by atoms with van der Waals surface area (Å²) in [4.78, 5) is 4.44. The highest BCUT2D eigenvalue weighted by Gasteiger charge is 2.58. The van der Waals surface area contributed by atoms with E-state index >= 15 is 0 Å². The van der Waals surface area contributed by atoms with Crippen LogP contribution in [0, 0.1) is 0 Å². The van der Waals surface area contributed by atoms with E-state index in [0.29, 0.717) is 5.92 Å². The van der Waals surface area contributed by atoms with E-state index in [1.54, 1.807) is 0 Å². The number of hydrogen-bond acceptors (Lipinski definition) is 1. The van der Waals surface area contributed by atoms with Crippen LogP contribution in [0.2, 0.25) is 0 Å². The number of aliphatic imine (C=N–C) groups is 1. The maximum Gasteiger partial charge on any atom is 0.0720 e. The second-order valence-corrected chi connectivity index (χ2v) is 14.0. The summed E-state index contributed by atoms with van der Waals surface area (Å²) in [6, 6.07) is 57.5. The molecule has 0 saturated heterocycles. The summed E-state index contributed by atoms with van der Waals surface area (Å²) in [5.74, 6) is 0.328. The van der Waals surface area contributed by atoms with Crippen molar-refractivity contribution in [1.82, 2.24) is 0 Å². The van der Waals surface area contributed by atoms with Crippen molar-refractivity contribution >= 4 is 11.8 Å². The van der Waals surface area contributed by atoms with E-state index in [9.17, 15) is 0 Å². The van der Waals surface area contributed by atoms with Gasteiger partial charge in [-0.25, -0.2) is 0 Å². The summed E-state index contributed by atoms with van der Waals surface area (Å²) >= 11 is 0. The van der Waals surface area contributed by atoms with Gasteiger partial charge in [-0.2, -0.15) is 0 Å². The molecule has 3 atom stereocenters. The molecule has 0 N–H and O–H groups in total. The minimum Gasteiger partial charge on any atom is -0.269 e. The lowest BCUT2D eigenvalue weighted by Crippen LogP contribution is -2.45. The van der Waals surface area contributed by atoms with Crippen LogP contribution >= 0.6 is 0 Å². The molecule has 1 heteroatoms. The Hall–Kier alpha value is -5.79. The number of benzene rings is 6. The lowest BCUT2D eigenvalue weighted by molar-refractivity contribution is 0.624. The average Bonchev–Trinajstić information content (AvgIpc) is 3.52. The molecule has 0 amide bonds. The summed E-state index contributed by atoms with van der Waals surface area (Å²) in [6.07, 6.45) is 14.0. The fraction of sp³-hybridized carbons (Fsp3) is 0.122. The van der Waals surface area contributed by atoms with Gasteiger partial charge in [0.2, 0.25) is 0 Å². The molecule has 0 saturated carbocycles. The number of hydrogen-bond donors (Lipinski definition) is 0. The van der Waals surface area contributed by atoms with Gasteiger partial charge in [0.1, 0.15) is 0 Å². The standard InChI is InChI=1S/C49H37N/c1-3-16-37(17-4-1)48(42-23-9-7-20-39(42)35-30-28-34(29-31-35)36-15-14-32-50-33-36)44-25-11-12-26-45(44)49(38-18-5-2-6-19-38)43-24-10-8-21-40(43)41-22-13-27-46(48)47(41)49/h1-6,8-14,16-19,21-33,36H,7,15,20H2. The highest BCUT2D eigenvalue weighted by atomic mass is 14.7. The van der Waals surface area contributed by atoms with Gasteiger partial charge in [-0.05, 0) is 91.6 Å². The van der Waals surface area contributed by atoms with E-state index in [0.717, 1.165) is 19.3 Å². The van der Waals surface area contributed by atoms with E-state index in [-0.39, 0.29) is 0 Å². The van der Waals surface area contributed by atoms with Gasteiger partial charge in [0.05, 0.1) is 10.8 Å². The van der Waals surface area contributed by atoms with Crippen LogP contribution in [-0.2, 0) is 10.8 Å². The lowest BCUT2D eigenvalue weighted by atomic mass is 9.50. The molecule has 238 valence electrons. The summed E-state index contributed by atoms with van der Waals surface area (Å²) < 4.78 is 0. The molecular weight excluding hydrogens is 603 g/mol. The minimum atomic E-state index is -0.532. The Morgan fingerprint density at radius 1 is 0.520 bits per heavy atom. The minimum absolute atomic E-state index is 0.328. The number of rotatable bonds is 5. The Labute approximate surface area is 294 Å². The largest absolute Gasteiger partial charge is 0.269 e. The Bertz CT molecular complexity index is 2390. The molecule has 0 radical (unpaired) electrons. The Kier molecular flexibility index (Phi) is 6.64. The van der Waals surface area contributed by atoms with Crippen molar-refractivity contribution in [3.63, 3.8) is 0 Å². The van der Waals surface area contributed by atoms with Crippen LogP contribution in [0.15, 0.2) is 187 Å². The average molecular weight is 640 g/mol. The summed E-state index contributed by atoms with van der Waals surface area (Å²) in [5, 5.41) is 0. The molecule has 0 spiro atoms. The van der Waals surface area contributed by atoms with Crippen molar-refractivity contribution in [2.45, 2.75) is 36.0 Å². The zero-order valence-corrected chi connectivity index (χ0v) is 28.0. The summed E-state index contributed by atoms with van der Waals surface area (Å²) in [6.45, 7) is 0. The fourth-order valence-electron chi connectivity index (χ4n) is 9.77. The second kappa shape index (κ2) is 11.4. The van der Waals surface area contributed by atoms with E-state index in [1.165, 1.54) is 72.3 Å². The molecule has 3 aliphatic carbocycles. The normalized spacial score (nSPS) is 22.6. The quantitative estimate of drug-likeness (QED) is 0.178. The van der Waals surface area contributed by atoms with Crippen LogP contribution in [0.4, 0.5) is 0 Å². The molecule has 6 aromatic carbocycles. The second-order valence-electron chi connectivity index (χ2n) is 14.0. The Balaban J connectivity index is 1.33. The molecule has 50 heavy (non-hydrogen) atoms. The first-order valence-electron chi connectivity index (χ1n) is 18.0. The van der Waals surface area contributed by atoms with Gasteiger partial charge < -0.3 is 0 Å². The highest BCUT2D eigenvalue weighted by Crippen LogP contribution is 2.66. The first-order chi connectivity index (χ1) is 24.8. The highest BCUT2D eigenvalue weighted by molar-refractivity contribution is 5.93. The molecule has 4 aliphatic rings. The van der Waals surface area contributed by atoms with Gasteiger partial charge in [0, 0.05) is 18.3 Å². The van der Waals surface area contributed by atoms with Crippen LogP contribution < -0.4 is 0 Å². The predicted octanol–water partition coefficient (Wildman–Crippen LogP) is 11.6. The smallest absolute Gasteiger partial charge is 0.0720 e. The number of allylic oxidation sites excluding steroid dienone is 5. The topological polar surface area (TPSA) is 12.4 Å². The maximum absolute atomic E-state index is 4.44. The molecule has 1 aliphatic heterocycles. The van der Waals surface area contributed by atoms with Crippen LogP contribution in [0.25, 0.3) is 16.7 Å². The Morgan fingerprint density at radius 2 is 1.14 bits per heavy atom. The molecule has 0 bridgehead atoms. The zero-order valence-electron chi connectivity index (χ0n) is 28.0. The monoisotopic (exact) mass is 639 g/mol. The lowest BCUT2D eigenvalue weighted by Gasteiger charge is -2.50. The van der Waals surface area contributed by atoms with Crippen LogP contribution in [0.3, 0.4) is 0 Å². The third-order valence-corrected chi connectivity index (χ3v) is 11.7. The van der Waals surface area contributed by atoms with E-state index in [4.69, 9.17) is 0 Å². The molecule has 10 rings (SSSR count). The van der Waals surface area contributed by atoms with Crippen molar-refractivity contribution in [3.8, 4) is 11.1 Å². The van der Waals surface area contributed by atoms with Crippen molar-refractivity contribution < 1.29 is 0 Å². The van der Waals surface area contributed by atoms with E-state index in [2.05, 4.69) is 181 Å². The molecular formula is C49H37N. The number of fused-ring (bicyclic) bond motifs is 5. The predicted molar refractivity (Wildman–Crippen MR) is 207 cm³/mol. The summed E-state index contributed by atoms with van der Waals surface area (Å²) in [5.41, 5.74) is 16.6. The van der Waals surface area contributed by atoms with Gasteiger partial charge >= 0.3 is 0 Å². The van der Waals surface area contributed by atoms with Crippen LogP contribution in [0.1, 0.15) is 75.3 Å². The van der Waals surface area contributed by atoms with E-state index in [1.807, 2.05) is 6.20 Å². The summed E-state index contributed by atoms with van der Waals surface area (Å²) in [7, 11) is 0. The molecule has 0 aromatic heterocycles.